The third kappa shape index (κ3) is 4.24. The standard InChI is InChI=1S/C13H23N5O/c1-13(2)6-4-5-11(15-3)12(19)18(13)8-7-16-10-17-9-14/h7,9-11,14-15H,4-6,8H2,1-3H3. The second-order valence-corrected chi connectivity index (χ2v) is 5.22. The highest BCUT2D eigenvalue weighted by Crippen LogP contribution is 2.26. The smallest absolute Gasteiger partial charge is 0.240 e. The Kier molecular flexibility index (Phi) is 5.82. The Labute approximate surface area is 114 Å². The van der Waals surface area contributed by atoms with Gasteiger partial charge in [0.2, 0.25) is 5.91 Å². The molecule has 1 aliphatic rings. The maximum atomic E-state index is 12.4. The molecule has 6 heteroatoms. The first-order valence-electron chi connectivity index (χ1n) is 6.54. The number of nitrogens with one attached hydrogen (secondary N) is 2. The zero-order valence-electron chi connectivity index (χ0n) is 11.9. The molecule has 0 spiro atoms. The van der Waals surface area contributed by atoms with Crippen molar-refractivity contribution in [3.63, 3.8) is 0 Å². The molecule has 1 aliphatic heterocycles. The van der Waals surface area contributed by atoms with E-state index in [4.69, 9.17) is 5.41 Å². The number of amides is 1. The minimum absolute atomic E-state index is 0.106. The van der Waals surface area contributed by atoms with E-state index < -0.39 is 0 Å². The van der Waals surface area contributed by atoms with Gasteiger partial charge in [0.1, 0.15) is 12.7 Å². The maximum absolute atomic E-state index is 12.4. The Bertz CT molecular complexity index is 375. The average Bonchev–Trinajstić information content (AvgIpc) is 2.47. The SMILES string of the molecule is CNC1CCCC(C)(C)N(CC=NC=NC=N)C1=O. The van der Waals surface area contributed by atoms with E-state index in [0.717, 1.165) is 25.6 Å². The molecule has 1 fully saturated rings. The molecule has 0 aromatic heterocycles. The van der Waals surface area contributed by atoms with Gasteiger partial charge in [-0.05, 0) is 40.2 Å². The fourth-order valence-corrected chi connectivity index (χ4v) is 2.34. The summed E-state index contributed by atoms with van der Waals surface area (Å²) < 4.78 is 0. The molecule has 1 saturated heterocycles. The molecule has 106 valence electrons. The Morgan fingerprint density at radius 3 is 2.89 bits per heavy atom. The summed E-state index contributed by atoms with van der Waals surface area (Å²) in [6.07, 6.45) is 6.78. The van der Waals surface area contributed by atoms with Gasteiger partial charge in [-0.2, -0.15) is 0 Å². The van der Waals surface area contributed by atoms with Crippen LogP contribution in [0.1, 0.15) is 33.1 Å². The summed E-state index contributed by atoms with van der Waals surface area (Å²) in [7, 11) is 1.82. The Morgan fingerprint density at radius 1 is 1.53 bits per heavy atom. The second kappa shape index (κ2) is 7.13. The van der Waals surface area contributed by atoms with Gasteiger partial charge in [-0.3, -0.25) is 10.2 Å². The van der Waals surface area contributed by atoms with Crippen LogP contribution in [0.5, 0.6) is 0 Å². The van der Waals surface area contributed by atoms with Crippen LogP contribution in [-0.4, -0.2) is 54.9 Å². The summed E-state index contributed by atoms with van der Waals surface area (Å²) in [5.41, 5.74) is -0.159. The molecule has 1 unspecified atom stereocenters. The van der Waals surface area contributed by atoms with Crippen LogP contribution in [0.2, 0.25) is 0 Å². The van der Waals surface area contributed by atoms with E-state index in [2.05, 4.69) is 29.1 Å². The molecule has 0 aliphatic carbocycles. The lowest BCUT2D eigenvalue weighted by Crippen LogP contribution is -2.52. The van der Waals surface area contributed by atoms with Gasteiger partial charge >= 0.3 is 0 Å². The molecule has 0 bridgehead atoms. The predicted octanol–water partition coefficient (Wildman–Crippen LogP) is 1.07. The fourth-order valence-electron chi connectivity index (χ4n) is 2.34. The monoisotopic (exact) mass is 265 g/mol. The lowest BCUT2D eigenvalue weighted by Gasteiger charge is -2.37. The lowest BCUT2D eigenvalue weighted by atomic mass is 9.97. The van der Waals surface area contributed by atoms with E-state index in [0.29, 0.717) is 6.54 Å². The Morgan fingerprint density at radius 2 is 2.26 bits per heavy atom. The van der Waals surface area contributed by atoms with Crippen LogP contribution < -0.4 is 5.32 Å². The van der Waals surface area contributed by atoms with Gasteiger partial charge in [-0.1, -0.05) is 0 Å². The number of carbonyl (C=O) groups excluding carboxylic acids is 1. The highest BCUT2D eigenvalue weighted by molar-refractivity contribution is 5.86. The summed E-state index contributed by atoms with van der Waals surface area (Å²) >= 11 is 0. The van der Waals surface area contributed by atoms with E-state index in [9.17, 15) is 4.79 Å². The second-order valence-electron chi connectivity index (χ2n) is 5.22. The van der Waals surface area contributed by atoms with Crippen LogP contribution in [-0.2, 0) is 4.79 Å². The molecular formula is C13H23N5O. The van der Waals surface area contributed by atoms with Crippen molar-refractivity contribution in [3.8, 4) is 0 Å². The van der Waals surface area contributed by atoms with Gasteiger partial charge < -0.3 is 10.2 Å². The third-order valence-electron chi connectivity index (χ3n) is 3.50. The number of aliphatic imine (C=N–C) groups is 2. The van der Waals surface area contributed by atoms with Crippen LogP contribution in [0.15, 0.2) is 9.98 Å². The molecule has 1 rings (SSSR count). The number of rotatable bonds is 5. The summed E-state index contributed by atoms with van der Waals surface area (Å²) in [5, 5.41) is 9.82. The molecule has 1 amide bonds. The molecule has 0 saturated carbocycles. The number of likely N-dealkylation sites (N-methyl/N-ethyl adjacent to an activating group) is 1. The average molecular weight is 265 g/mol. The Balaban J connectivity index is 2.78. The van der Waals surface area contributed by atoms with Crippen molar-refractivity contribution in [2.45, 2.75) is 44.7 Å². The molecule has 2 N–H and O–H groups in total. The van der Waals surface area contributed by atoms with Crippen LogP contribution >= 0.6 is 0 Å². The quantitative estimate of drug-likeness (QED) is 0.576. The zero-order chi connectivity index (χ0) is 14.3. The van der Waals surface area contributed by atoms with Crippen molar-refractivity contribution in [3.05, 3.63) is 0 Å². The Hall–Kier alpha value is -1.56. The lowest BCUT2D eigenvalue weighted by molar-refractivity contribution is -0.136. The highest BCUT2D eigenvalue weighted by Gasteiger charge is 2.36. The van der Waals surface area contributed by atoms with Crippen molar-refractivity contribution in [1.82, 2.24) is 10.2 Å². The molecule has 0 radical (unpaired) electrons. The molecule has 1 heterocycles. The molecule has 1 atom stereocenters. The van der Waals surface area contributed by atoms with E-state index in [1.165, 1.54) is 6.34 Å². The van der Waals surface area contributed by atoms with Gasteiger partial charge in [-0.25, -0.2) is 9.98 Å². The van der Waals surface area contributed by atoms with E-state index in [-0.39, 0.29) is 17.5 Å². The van der Waals surface area contributed by atoms with Crippen molar-refractivity contribution in [2.24, 2.45) is 9.98 Å². The van der Waals surface area contributed by atoms with Crippen LogP contribution in [0, 0.1) is 5.41 Å². The van der Waals surface area contributed by atoms with Gasteiger partial charge in [0, 0.05) is 11.8 Å². The number of carbonyl (C=O) groups is 1. The number of likely N-dealkylation sites (tertiary alicyclic amines) is 1. The summed E-state index contributed by atoms with van der Waals surface area (Å²) in [6, 6.07) is -0.106. The first-order valence-corrected chi connectivity index (χ1v) is 6.54. The first kappa shape index (κ1) is 15.5. The molecule has 0 aromatic rings. The van der Waals surface area contributed by atoms with Crippen LogP contribution in [0.3, 0.4) is 0 Å². The zero-order valence-corrected chi connectivity index (χ0v) is 11.9. The van der Waals surface area contributed by atoms with E-state index in [1.807, 2.05) is 11.9 Å². The first-order chi connectivity index (χ1) is 9.03. The van der Waals surface area contributed by atoms with Crippen LogP contribution in [0.25, 0.3) is 0 Å². The predicted molar refractivity (Wildman–Crippen MR) is 78.3 cm³/mol. The van der Waals surface area contributed by atoms with Crippen molar-refractivity contribution >= 4 is 24.8 Å². The van der Waals surface area contributed by atoms with E-state index in [1.54, 1.807) is 6.21 Å². The van der Waals surface area contributed by atoms with Gasteiger partial charge in [0.15, 0.2) is 0 Å². The highest BCUT2D eigenvalue weighted by atomic mass is 16.2. The fraction of sp³-hybridized carbons (Fsp3) is 0.692. The summed E-state index contributed by atoms with van der Waals surface area (Å²) in [5.74, 6) is 0.125. The molecular weight excluding hydrogens is 242 g/mol. The normalized spacial score (nSPS) is 24.1. The molecule has 6 nitrogen and oxygen atoms in total. The number of nitrogens with zero attached hydrogens (tertiary/aromatic N) is 3. The molecule has 0 aromatic carbocycles. The van der Waals surface area contributed by atoms with Gasteiger partial charge in [-0.15, -0.1) is 0 Å². The largest absolute Gasteiger partial charge is 0.331 e. The maximum Gasteiger partial charge on any atom is 0.240 e. The van der Waals surface area contributed by atoms with E-state index >= 15 is 0 Å². The summed E-state index contributed by atoms with van der Waals surface area (Å²) in [6.45, 7) is 4.64. The molecule has 19 heavy (non-hydrogen) atoms. The summed E-state index contributed by atoms with van der Waals surface area (Å²) in [4.78, 5) is 21.8. The minimum Gasteiger partial charge on any atom is -0.331 e. The van der Waals surface area contributed by atoms with Crippen LogP contribution in [0.4, 0.5) is 0 Å². The number of hydrogen-bond acceptors (Lipinski definition) is 3. The van der Waals surface area contributed by atoms with Gasteiger partial charge in [0.25, 0.3) is 0 Å². The van der Waals surface area contributed by atoms with Gasteiger partial charge in [0.05, 0.1) is 12.6 Å². The topological polar surface area (TPSA) is 80.9 Å². The van der Waals surface area contributed by atoms with Crippen molar-refractivity contribution in [1.29, 1.82) is 5.41 Å². The van der Waals surface area contributed by atoms with Crippen molar-refractivity contribution in [2.75, 3.05) is 13.6 Å². The van der Waals surface area contributed by atoms with Crippen molar-refractivity contribution < 1.29 is 4.79 Å². The third-order valence-corrected chi connectivity index (χ3v) is 3.50. The number of hydrogen-bond donors (Lipinski definition) is 2. The minimum atomic E-state index is -0.159.